The van der Waals surface area contributed by atoms with Crippen molar-refractivity contribution in [2.24, 2.45) is 11.8 Å². The topological polar surface area (TPSA) is 80.4 Å². The molecule has 0 aliphatic heterocycles. The van der Waals surface area contributed by atoms with Crippen molar-refractivity contribution in [3.8, 4) is 0 Å². The van der Waals surface area contributed by atoms with E-state index in [0.29, 0.717) is 12.8 Å². The largest absolute Gasteiger partial charge is 0.389 e. The predicted octanol–water partition coefficient (Wildman–Crippen LogP) is 1.80. The van der Waals surface area contributed by atoms with Gasteiger partial charge in [0.25, 0.3) is 0 Å². The highest BCUT2D eigenvalue weighted by atomic mass is 16.6. The van der Waals surface area contributed by atoms with Gasteiger partial charge >= 0.3 is 0 Å². The fraction of sp³-hybridized carbons (Fsp3) is 0.917. The lowest BCUT2D eigenvalue weighted by Gasteiger charge is -2.43. The van der Waals surface area contributed by atoms with Crippen LogP contribution < -0.4 is 0 Å². The smallest absolute Gasteiger partial charge is 0.225 e. The van der Waals surface area contributed by atoms with Crippen molar-refractivity contribution < 1.29 is 14.8 Å². The molecule has 1 N–H and O–H groups in total. The number of nitro groups is 1. The molecule has 1 aliphatic carbocycles. The highest BCUT2D eigenvalue weighted by Crippen LogP contribution is 2.44. The van der Waals surface area contributed by atoms with Crippen LogP contribution in [0.4, 0.5) is 0 Å². The third kappa shape index (κ3) is 2.34. The second kappa shape index (κ2) is 4.37. The van der Waals surface area contributed by atoms with Crippen LogP contribution in [0.15, 0.2) is 0 Å². The molecule has 1 fully saturated rings. The van der Waals surface area contributed by atoms with Crippen LogP contribution in [0, 0.1) is 22.0 Å². The maximum atomic E-state index is 11.6. The number of hydrogen-bond donors (Lipinski definition) is 1. The van der Waals surface area contributed by atoms with Crippen molar-refractivity contribution in [2.75, 3.05) is 0 Å². The molecule has 0 bridgehead atoms. The lowest BCUT2D eigenvalue weighted by molar-refractivity contribution is -0.587. The third-order valence-corrected chi connectivity index (χ3v) is 4.30. The van der Waals surface area contributed by atoms with Crippen molar-refractivity contribution in [3.63, 3.8) is 0 Å². The number of ketones is 1. The highest BCUT2D eigenvalue weighted by molar-refractivity contribution is 5.79. The number of carbonyl (C=O) groups excluding carboxylic acids is 1. The lowest BCUT2D eigenvalue weighted by atomic mass is 9.63. The maximum absolute atomic E-state index is 11.6. The Balaban J connectivity index is 3.09. The molecule has 0 heterocycles. The predicted molar refractivity (Wildman–Crippen MR) is 63.2 cm³/mol. The zero-order chi connectivity index (χ0) is 13.4. The first-order chi connectivity index (χ1) is 7.63. The number of nitrogens with zero attached hydrogens (tertiary/aromatic N) is 1. The Bertz CT molecular complexity index is 337. The summed E-state index contributed by atoms with van der Waals surface area (Å²) in [5, 5.41) is 21.5. The molecule has 17 heavy (non-hydrogen) atoms. The van der Waals surface area contributed by atoms with Gasteiger partial charge in [0.1, 0.15) is 5.78 Å². The number of carbonyl (C=O) groups is 1. The minimum absolute atomic E-state index is 0.139. The molecule has 5 heteroatoms. The van der Waals surface area contributed by atoms with Crippen molar-refractivity contribution in [2.45, 2.75) is 58.1 Å². The molecule has 3 atom stereocenters. The summed E-state index contributed by atoms with van der Waals surface area (Å²) in [5.41, 5.74) is -2.18. The Labute approximate surface area is 101 Å². The Morgan fingerprint density at radius 1 is 1.47 bits per heavy atom. The van der Waals surface area contributed by atoms with Gasteiger partial charge in [-0.2, -0.15) is 0 Å². The first-order valence-corrected chi connectivity index (χ1v) is 6.01. The van der Waals surface area contributed by atoms with Gasteiger partial charge < -0.3 is 5.11 Å². The summed E-state index contributed by atoms with van der Waals surface area (Å²) in [6, 6.07) is 0. The van der Waals surface area contributed by atoms with Gasteiger partial charge in [-0.05, 0) is 20.3 Å². The summed E-state index contributed by atoms with van der Waals surface area (Å²) in [5.74, 6) is -0.943. The van der Waals surface area contributed by atoms with E-state index >= 15 is 0 Å². The van der Waals surface area contributed by atoms with Crippen LogP contribution in [0.2, 0.25) is 0 Å². The number of hydrogen-bond acceptors (Lipinski definition) is 4. The van der Waals surface area contributed by atoms with Crippen LogP contribution in [-0.4, -0.2) is 27.0 Å². The van der Waals surface area contributed by atoms with E-state index in [-0.39, 0.29) is 23.0 Å². The van der Waals surface area contributed by atoms with Crippen molar-refractivity contribution >= 4 is 5.78 Å². The summed E-state index contributed by atoms with van der Waals surface area (Å²) < 4.78 is 0. The zero-order valence-electron chi connectivity index (χ0n) is 10.9. The van der Waals surface area contributed by atoms with Crippen LogP contribution in [0.3, 0.4) is 0 Å². The molecule has 5 nitrogen and oxygen atoms in total. The Morgan fingerprint density at radius 3 is 2.35 bits per heavy atom. The van der Waals surface area contributed by atoms with Gasteiger partial charge in [-0.1, -0.05) is 13.8 Å². The number of aliphatic hydroxyl groups is 1. The van der Waals surface area contributed by atoms with E-state index in [1.54, 1.807) is 20.8 Å². The monoisotopic (exact) mass is 243 g/mol. The minimum Gasteiger partial charge on any atom is -0.389 e. The van der Waals surface area contributed by atoms with Gasteiger partial charge in [-0.25, -0.2) is 0 Å². The normalized spacial score (nSPS) is 38.1. The highest BCUT2D eigenvalue weighted by Gasteiger charge is 2.56. The molecule has 0 aromatic rings. The van der Waals surface area contributed by atoms with E-state index < -0.39 is 17.1 Å². The summed E-state index contributed by atoms with van der Waals surface area (Å²) in [6.45, 7) is 6.61. The maximum Gasteiger partial charge on any atom is 0.225 e. The third-order valence-electron chi connectivity index (χ3n) is 4.30. The van der Waals surface area contributed by atoms with Crippen molar-refractivity contribution in [1.82, 2.24) is 0 Å². The molecule has 1 rings (SSSR count). The Kier molecular flexibility index (Phi) is 3.62. The van der Waals surface area contributed by atoms with Crippen molar-refractivity contribution in [3.05, 3.63) is 10.1 Å². The number of rotatable bonds is 3. The van der Waals surface area contributed by atoms with Crippen LogP contribution in [0.5, 0.6) is 0 Å². The van der Waals surface area contributed by atoms with Crippen LogP contribution in [0.1, 0.15) is 47.0 Å². The van der Waals surface area contributed by atoms with Gasteiger partial charge in [0.05, 0.1) is 11.5 Å². The molecule has 1 saturated carbocycles. The Morgan fingerprint density at radius 2 is 2.00 bits per heavy atom. The van der Waals surface area contributed by atoms with E-state index in [9.17, 15) is 20.0 Å². The standard InChI is InChI=1S/C12H21NO4/c1-8(2)12(13(16)17)6-5-11(4,15)10(7-12)9(3)14/h8,10,15H,5-7H2,1-4H3/t10-,11+,12+/m1/s1. The van der Waals surface area contributed by atoms with Gasteiger partial charge in [0.2, 0.25) is 5.54 Å². The number of Topliss-reactive ketones (excluding diaryl/α,β-unsaturated/α-hetero) is 1. The van der Waals surface area contributed by atoms with E-state index in [4.69, 9.17) is 0 Å². The SMILES string of the molecule is CC(=O)[C@H]1C[C@@](C(C)C)([N+](=O)[O-])CC[C@]1(C)O. The molecule has 0 spiro atoms. The van der Waals surface area contributed by atoms with E-state index in [1.165, 1.54) is 6.92 Å². The van der Waals surface area contributed by atoms with Crippen LogP contribution >= 0.6 is 0 Å². The summed E-state index contributed by atoms with van der Waals surface area (Å²) in [7, 11) is 0. The average Bonchev–Trinajstić information content (AvgIpc) is 2.15. The lowest BCUT2D eigenvalue weighted by Crippen LogP contribution is -2.56. The second-order valence-electron chi connectivity index (χ2n) is 5.74. The van der Waals surface area contributed by atoms with E-state index in [0.717, 1.165) is 0 Å². The van der Waals surface area contributed by atoms with Gasteiger partial charge in [0.15, 0.2) is 0 Å². The average molecular weight is 243 g/mol. The minimum atomic E-state index is -1.11. The van der Waals surface area contributed by atoms with Gasteiger partial charge in [0, 0.05) is 23.7 Å². The molecular formula is C12H21NO4. The fourth-order valence-corrected chi connectivity index (χ4v) is 2.80. The van der Waals surface area contributed by atoms with Crippen molar-refractivity contribution in [1.29, 1.82) is 0 Å². The molecule has 0 amide bonds. The molecule has 0 aromatic heterocycles. The quantitative estimate of drug-likeness (QED) is 0.605. The molecule has 1 aliphatic rings. The fourth-order valence-electron chi connectivity index (χ4n) is 2.80. The summed E-state index contributed by atoms with van der Waals surface area (Å²) in [4.78, 5) is 22.6. The van der Waals surface area contributed by atoms with Crippen LogP contribution in [-0.2, 0) is 4.79 Å². The Hall–Kier alpha value is -0.970. The summed E-state index contributed by atoms with van der Waals surface area (Å²) in [6.07, 6.45) is 0.769. The van der Waals surface area contributed by atoms with Gasteiger partial charge in [-0.3, -0.25) is 14.9 Å². The molecule has 0 unspecified atom stereocenters. The van der Waals surface area contributed by atoms with E-state index in [2.05, 4.69) is 0 Å². The van der Waals surface area contributed by atoms with Gasteiger partial charge in [-0.15, -0.1) is 0 Å². The summed E-state index contributed by atoms with van der Waals surface area (Å²) >= 11 is 0. The molecule has 0 radical (unpaired) electrons. The molecule has 0 aromatic carbocycles. The first-order valence-electron chi connectivity index (χ1n) is 6.01. The molecule has 0 saturated heterocycles. The molecular weight excluding hydrogens is 222 g/mol. The first kappa shape index (κ1) is 14.1. The molecule has 98 valence electrons. The zero-order valence-corrected chi connectivity index (χ0v) is 10.9. The van der Waals surface area contributed by atoms with Crippen LogP contribution in [0.25, 0.3) is 0 Å². The second-order valence-corrected chi connectivity index (χ2v) is 5.74. The van der Waals surface area contributed by atoms with E-state index in [1.807, 2.05) is 0 Å².